The Labute approximate surface area is 153 Å². The van der Waals surface area contributed by atoms with E-state index >= 15 is 0 Å². The van der Waals surface area contributed by atoms with E-state index in [4.69, 9.17) is 18.6 Å². The summed E-state index contributed by atoms with van der Waals surface area (Å²) in [5.41, 5.74) is 2.98. The van der Waals surface area contributed by atoms with Gasteiger partial charge in [0.05, 0.1) is 0 Å². The van der Waals surface area contributed by atoms with Gasteiger partial charge in [0.25, 0.3) is 0 Å². The molecule has 0 aliphatic heterocycles. The third-order valence-corrected chi connectivity index (χ3v) is 3.00. The minimum atomic E-state index is -0.556. The molecule has 2 rings (SSSR count). The summed E-state index contributed by atoms with van der Waals surface area (Å²) in [6.07, 6.45) is 10.0. The van der Waals surface area contributed by atoms with Gasteiger partial charge in [0.1, 0.15) is 0 Å². The molecule has 0 spiro atoms. The van der Waals surface area contributed by atoms with Gasteiger partial charge in [-0.25, -0.2) is 12.2 Å². The van der Waals surface area contributed by atoms with E-state index in [1.165, 1.54) is 11.1 Å². The van der Waals surface area contributed by atoms with Gasteiger partial charge in [0.15, 0.2) is 0 Å². The summed E-state index contributed by atoms with van der Waals surface area (Å²) in [5, 5.41) is 0. The van der Waals surface area contributed by atoms with E-state index in [0.29, 0.717) is 0 Å². The van der Waals surface area contributed by atoms with E-state index in [1.807, 2.05) is 12.2 Å². The Balaban J connectivity index is 0.000000451. The molecule has 0 radical (unpaired) electrons. The van der Waals surface area contributed by atoms with Crippen molar-refractivity contribution in [1.82, 2.24) is 0 Å². The van der Waals surface area contributed by atoms with Crippen molar-refractivity contribution in [2.75, 3.05) is 0 Å². The van der Waals surface area contributed by atoms with Crippen LogP contribution in [0.15, 0.2) is 36.4 Å². The second-order valence-electron chi connectivity index (χ2n) is 7.05. The molecule has 0 atom stereocenters. The van der Waals surface area contributed by atoms with Crippen LogP contribution in [-0.2, 0) is 27.9 Å². The molecule has 0 bridgehead atoms. The predicted octanol–water partition coefficient (Wildman–Crippen LogP) is 6.76. The zero-order valence-electron chi connectivity index (χ0n) is 14.4. The normalized spacial score (nSPS) is 12.9. The average molecular weight is 373 g/mol. The first-order valence-electron chi connectivity index (χ1n) is 7.34. The van der Waals surface area contributed by atoms with Crippen LogP contribution in [0.1, 0.15) is 59.1 Å². The van der Waals surface area contributed by atoms with Crippen molar-refractivity contribution in [1.29, 1.82) is 0 Å². The van der Waals surface area contributed by atoms with Crippen LogP contribution >= 0.6 is 18.6 Å². The van der Waals surface area contributed by atoms with E-state index < -0.39 is 17.0 Å². The Morgan fingerprint density at radius 3 is 1.64 bits per heavy atom. The fourth-order valence-corrected chi connectivity index (χ4v) is 1.68. The van der Waals surface area contributed by atoms with E-state index in [-0.39, 0.29) is 10.8 Å². The summed E-state index contributed by atoms with van der Waals surface area (Å²) in [6, 6.07) is 9.98. The van der Waals surface area contributed by atoms with E-state index in [2.05, 4.69) is 78.0 Å². The van der Waals surface area contributed by atoms with Crippen molar-refractivity contribution >= 4 is 18.6 Å². The Morgan fingerprint density at radius 1 is 0.955 bits per heavy atom. The second kappa shape index (κ2) is 10.7. The molecule has 0 nitrogen and oxygen atoms in total. The second-order valence-corrected chi connectivity index (χ2v) is 9.63. The number of benzene rings is 1. The topological polar surface area (TPSA) is 0 Å². The summed E-state index contributed by atoms with van der Waals surface area (Å²) in [6.45, 7) is 13.4. The molecule has 122 valence electrons. The molecule has 0 N–H and O–H groups in total. The number of rotatable bonds is 0. The van der Waals surface area contributed by atoms with Crippen LogP contribution in [0.2, 0.25) is 0 Å². The van der Waals surface area contributed by atoms with E-state index in [9.17, 15) is 0 Å². The Morgan fingerprint density at radius 2 is 1.41 bits per heavy atom. The third-order valence-electron chi connectivity index (χ3n) is 3.00. The number of hydrogen-bond donors (Lipinski definition) is 0. The number of halogens is 2. The Hall–Kier alpha value is -0.00571. The predicted molar refractivity (Wildman–Crippen MR) is 96.0 cm³/mol. The van der Waals surface area contributed by atoms with Gasteiger partial charge in [-0.1, -0.05) is 41.5 Å². The molecule has 0 heterocycles. The fourth-order valence-electron chi connectivity index (χ4n) is 1.68. The van der Waals surface area contributed by atoms with Gasteiger partial charge in [-0.15, -0.1) is 6.42 Å². The monoisotopic (exact) mass is 372 g/mol. The summed E-state index contributed by atoms with van der Waals surface area (Å²) in [4.78, 5) is 0. The molecule has 1 aromatic carbocycles. The molecule has 22 heavy (non-hydrogen) atoms. The molecular weight excluding hydrogens is 347 g/mol. The zero-order valence-corrected chi connectivity index (χ0v) is 17.5. The zero-order chi connectivity index (χ0) is 17.2. The van der Waals surface area contributed by atoms with Crippen LogP contribution in [0, 0.1) is 12.1 Å². The first-order chi connectivity index (χ1) is 10.1. The van der Waals surface area contributed by atoms with Crippen molar-refractivity contribution in [3.63, 3.8) is 0 Å². The molecule has 0 fully saturated rings. The third kappa shape index (κ3) is 9.90. The maximum absolute atomic E-state index is 4.89. The molecular formula is C19H26Cl2Ti-2. The minimum absolute atomic E-state index is 0.196. The first kappa shape index (κ1) is 22.0. The van der Waals surface area contributed by atoms with Crippen LogP contribution in [-0.4, -0.2) is 0 Å². The van der Waals surface area contributed by atoms with Gasteiger partial charge in [-0.05, 0) is 10.8 Å². The maximum atomic E-state index is 4.89. The van der Waals surface area contributed by atoms with Crippen LogP contribution in [0.3, 0.4) is 0 Å². The Kier molecular flexibility index (Phi) is 10.7. The standard InChI is InChI=1S/C14H21.C5H5.2ClH.Ti/c1-13(2,3)11-8-7-9-12(10-11)14(4,5)6;1-2-4-5-3-1;;;/h7-9H,1-6H3;1-3H,4H2;2*1H;/q2*-1;;;+2/p-2. The molecule has 0 aromatic heterocycles. The summed E-state index contributed by atoms with van der Waals surface area (Å²) < 4.78 is 0. The van der Waals surface area contributed by atoms with Crippen LogP contribution in [0.4, 0.5) is 0 Å². The van der Waals surface area contributed by atoms with Gasteiger partial charge in [0, 0.05) is 0 Å². The average Bonchev–Trinajstić information content (AvgIpc) is 2.97. The number of hydrogen-bond acceptors (Lipinski definition) is 0. The van der Waals surface area contributed by atoms with E-state index in [1.54, 1.807) is 0 Å². The van der Waals surface area contributed by atoms with Crippen LogP contribution in [0.25, 0.3) is 0 Å². The van der Waals surface area contributed by atoms with Crippen molar-refractivity contribution in [2.24, 2.45) is 0 Å². The Bertz CT molecular complexity index is 438. The van der Waals surface area contributed by atoms with Gasteiger partial charge in [0.2, 0.25) is 0 Å². The first-order valence-corrected chi connectivity index (χ1v) is 11.6. The molecule has 0 amide bonds. The summed E-state index contributed by atoms with van der Waals surface area (Å²) in [5.74, 6) is 0. The summed E-state index contributed by atoms with van der Waals surface area (Å²) >= 11 is -0.556. The van der Waals surface area contributed by atoms with Crippen molar-refractivity contribution in [3.8, 4) is 0 Å². The van der Waals surface area contributed by atoms with Gasteiger partial charge in [-0.3, -0.25) is 6.08 Å². The molecule has 1 aliphatic carbocycles. The van der Waals surface area contributed by atoms with Crippen molar-refractivity contribution < 1.29 is 17.0 Å². The van der Waals surface area contributed by atoms with Crippen LogP contribution < -0.4 is 0 Å². The fraction of sp³-hybridized carbons (Fsp3) is 0.474. The molecule has 1 aliphatic rings. The number of allylic oxidation sites excluding steroid dienone is 4. The van der Waals surface area contributed by atoms with Crippen LogP contribution in [0.5, 0.6) is 0 Å². The van der Waals surface area contributed by atoms with Gasteiger partial charge in [-0.2, -0.15) is 41.5 Å². The molecule has 0 saturated carbocycles. The van der Waals surface area contributed by atoms with E-state index in [0.717, 1.165) is 6.42 Å². The molecule has 3 heteroatoms. The van der Waals surface area contributed by atoms with Gasteiger partial charge < -0.3 is 0 Å². The molecule has 1 aromatic rings. The summed E-state index contributed by atoms with van der Waals surface area (Å²) in [7, 11) is 9.78. The quantitative estimate of drug-likeness (QED) is 0.348. The molecule has 0 unspecified atom stereocenters. The van der Waals surface area contributed by atoms with Crippen molar-refractivity contribution in [3.05, 3.63) is 59.7 Å². The van der Waals surface area contributed by atoms with Crippen molar-refractivity contribution in [2.45, 2.75) is 58.8 Å². The van der Waals surface area contributed by atoms with Gasteiger partial charge >= 0.3 is 35.6 Å². The SMILES string of the molecule is CC(C)(C)c1[c-]c(C(C)(C)C)ccc1.[C-]1=CC=CC1.[Cl][Ti][Cl]. The molecule has 0 saturated heterocycles.